The Balaban J connectivity index is 1.47. The molecule has 0 atom stereocenters. The Morgan fingerprint density at radius 2 is 2.08 bits per heavy atom. The van der Waals surface area contributed by atoms with Gasteiger partial charge in [-0.05, 0) is 55.3 Å². The summed E-state index contributed by atoms with van der Waals surface area (Å²) < 4.78 is 18.4. The minimum Gasteiger partial charge on any atom is -0.484 e. The number of carbonyl (C=O) groups is 1. The second kappa shape index (κ2) is 6.88. The predicted molar refractivity (Wildman–Crippen MR) is 100 cm³/mol. The topological polar surface area (TPSA) is 42.4 Å². The van der Waals surface area contributed by atoms with Gasteiger partial charge in [-0.2, -0.15) is 0 Å². The van der Waals surface area contributed by atoms with Gasteiger partial charge in [0.15, 0.2) is 6.61 Å². The van der Waals surface area contributed by atoms with Gasteiger partial charge in [0, 0.05) is 23.2 Å². The number of benzene rings is 2. The molecule has 1 amide bonds. The first-order valence-electron chi connectivity index (χ1n) is 8.34. The quantitative estimate of drug-likeness (QED) is 0.692. The van der Waals surface area contributed by atoms with Gasteiger partial charge < -0.3 is 9.64 Å². The minimum atomic E-state index is -0.330. The van der Waals surface area contributed by atoms with E-state index in [1.807, 2.05) is 24.4 Å². The van der Waals surface area contributed by atoms with Gasteiger partial charge in [-0.3, -0.25) is 4.79 Å². The van der Waals surface area contributed by atoms with E-state index >= 15 is 0 Å². The smallest absolute Gasteiger partial charge is 0.264 e. The van der Waals surface area contributed by atoms with Gasteiger partial charge >= 0.3 is 0 Å². The Labute approximate surface area is 154 Å². The van der Waals surface area contributed by atoms with Gasteiger partial charge in [0.2, 0.25) is 0 Å². The molecule has 0 spiro atoms. The van der Waals surface area contributed by atoms with Crippen LogP contribution in [0.1, 0.15) is 10.6 Å². The van der Waals surface area contributed by atoms with E-state index in [1.165, 1.54) is 24.3 Å². The predicted octanol–water partition coefficient (Wildman–Crippen LogP) is 4.23. The number of hydrogen-bond acceptors (Lipinski definition) is 4. The Morgan fingerprint density at radius 1 is 1.27 bits per heavy atom. The van der Waals surface area contributed by atoms with Gasteiger partial charge in [-0.15, -0.1) is 11.3 Å². The van der Waals surface area contributed by atoms with Crippen molar-refractivity contribution in [2.45, 2.75) is 13.3 Å². The minimum absolute atomic E-state index is 0.0713. The van der Waals surface area contributed by atoms with Crippen molar-refractivity contribution >= 4 is 22.9 Å². The van der Waals surface area contributed by atoms with E-state index in [2.05, 4.69) is 11.1 Å². The lowest BCUT2D eigenvalue weighted by Gasteiger charge is -2.18. The van der Waals surface area contributed by atoms with Gasteiger partial charge in [-0.25, -0.2) is 9.37 Å². The summed E-state index contributed by atoms with van der Waals surface area (Å²) in [6.07, 6.45) is 0.814. The van der Waals surface area contributed by atoms with Gasteiger partial charge in [0.25, 0.3) is 5.91 Å². The molecule has 3 aromatic rings. The van der Waals surface area contributed by atoms with Crippen molar-refractivity contribution in [3.63, 3.8) is 0 Å². The molecule has 26 heavy (non-hydrogen) atoms. The lowest BCUT2D eigenvalue weighted by atomic mass is 10.1. The molecule has 4 rings (SSSR count). The Hall–Kier alpha value is -2.73. The Bertz CT molecular complexity index is 953. The summed E-state index contributed by atoms with van der Waals surface area (Å²) in [5, 5.41) is 3.08. The number of ether oxygens (including phenoxy) is 1. The van der Waals surface area contributed by atoms with Crippen LogP contribution in [0.15, 0.2) is 47.8 Å². The molecule has 1 aliphatic heterocycles. The molecule has 0 saturated carbocycles. The third-order valence-electron chi connectivity index (χ3n) is 4.37. The highest BCUT2D eigenvalue weighted by molar-refractivity contribution is 7.09. The second-order valence-electron chi connectivity index (χ2n) is 6.13. The third kappa shape index (κ3) is 3.32. The summed E-state index contributed by atoms with van der Waals surface area (Å²) in [7, 11) is 0. The number of halogens is 1. The summed E-state index contributed by atoms with van der Waals surface area (Å²) in [6.45, 7) is 2.56. The molecule has 0 bridgehead atoms. The average Bonchev–Trinajstić information content (AvgIpc) is 3.26. The van der Waals surface area contributed by atoms with Crippen LogP contribution in [-0.2, 0) is 11.2 Å². The monoisotopic (exact) mass is 368 g/mol. The Kier molecular flexibility index (Phi) is 4.42. The SMILES string of the molecule is Cc1nc(-c2ccc3c(c2)CCN3C(=O)COc2ccc(F)cc2)cs1. The molecule has 132 valence electrons. The van der Waals surface area contributed by atoms with E-state index in [4.69, 9.17) is 4.74 Å². The number of thiazole rings is 1. The number of fused-ring (bicyclic) bond motifs is 1. The fraction of sp³-hybridized carbons (Fsp3) is 0.200. The zero-order valence-electron chi connectivity index (χ0n) is 14.2. The van der Waals surface area contributed by atoms with Crippen LogP contribution in [0.4, 0.5) is 10.1 Å². The molecule has 2 aromatic carbocycles. The number of aromatic nitrogens is 1. The highest BCUT2D eigenvalue weighted by Crippen LogP contribution is 2.32. The molecule has 0 unspecified atom stereocenters. The van der Waals surface area contributed by atoms with E-state index in [0.29, 0.717) is 12.3 Å². The van der Waals surface area contributed by atoms with E-state index in [0.717, 1.165) is 33.9 Å². The molecular weight excluding hydrogens is 351 g/mol. The van der Waals surface area contributed by atoms with Crippen molar-refractivity contribution < 1.29 is 13.9 Å². The molecule has 0 N–H and O–H groups in total. The van der Waals surface area contributed by atoms with Gasteiger partial charge in [0.1, 0.15) is 11.6 Å². The summed E-state index contributed by atoms with van der Waals surface area (Å²) in [5.74, 6) is 0.0435. The summed E-state index contributed by atoms with van der Waals surface area (Å²) in [6, 6.07) is 11.7. The third-order valence-corrected chi connectivity index (χ3v) is 5.14. The zero-order valence-corrected chi connectivity index (χ0v) is 15.1. The first kappa shape index (κ1) is 16.7. The van der Waals surface area contributed by atoms with Gasteiger partial charge in [0.05, 0.1) is 10.7 Å². The van der Waals surface area contributed by atoms with E-state index < -0.39 is 0 Å². The number of carbonyl (C=O) groups excluding carboxylic acids is 1. The fourth-order valence-corrected chi connectivity index (χ4v) is 3.69. The molecular formula is C20H17FN2O2S. The molecule has 1 aliphatic rings. The second-order valence-corrected chi connectivity index (χ2v) is 7.20. The maximum atomic E-state index is 12.9. The lowest BCUT2D eigenvalue weighted by Crippen LogP contribution is -2.33. The average molecular weight is 368 g/mol. The molecule has 0 aliphatic carbocycles. The van der Waals surface area contributed by atoms with Crippen LogP contribution in [-0.4, -0.2) is 24.0 Å². The molecule has 0 saturated heterocycles. The van der Waals surface area contributed by atoms with Crippen LogP contribution in [0, 0.1) is 12.7 Å². The first-order valence-corrected chi connectivity index (χ1v) is 9.22. The lowest BCUT2D eigenvalue weighted by molar-refractivity contribution is -0.120. The van der Waals surface area contributed by atoms with Crippen molar-refractivity contribution in [2.75, 3.05) is 18.1 Å². The summed E-state index contributed by atoms with van der Waals surface area (Å²) in [5.41, 5.74) is 4.11. The number of aryl methyl sites for hydroxylation is 1. The number of hydrogen-bond donors (Lipinski definition) is 0. The molecule has 2 heterocycles. The van der Waals surface area contributed by atoms with Crippen LogP contribution in [0.5, 0.6) is 5.75 Å². The molecule has 0 fully saturated rings. The van der Waals surface area contributed by atoms with E-state index in [9.17, 15) is 9.18 Å². The molecule has 4 nitrogen and oxygen atoms in total. The molecule has 6 heteroatoms. The summed E-state index contributed by atoms with van der Waals surface area (Å²) in [4.78, 5) is 18.8. The highest BCUT2D eigenvalue weighted by atomic mass is 32.1. The van der Waals surface area contributed by atoms with Crippen molar-refractivity contribution in [2.24, 2.45) is 0 Å². The Morgan fingerprint density at radius 3 is 2.81 bits per heavy atom. The van der Waals surface area contributed by atoms with Crippen molar-refractivity contribution in [3.8, 4) is 17.0 Å². The fourth-order valence-electron chi connectivity index (χ4n) is 3.07. The van der Waals surface area contributed by atoms with Gasteiger partial charge in [-0.1, -0.05) is 6.07 Å². The first-order chi connectivity index (χ1) is 12.6. The van der Waals surface area contributed by atoms with Crippen LogP contribution in [0.3, 0.4) is 0 Å². The normalized spacial score (nSPS) is 12.9. The largest absolute Gasteiger partial charge is 0.484 e. The van der Waals surface area contributed by atoms with Crippen molar-refractivity contribution in [1.29, 1.82) is 0 Å². The number of anilines is 1. The molecule has 1 aromatic heterocycles. The number of amides is 1. The number of nitrogens with zero attached hydrogens (tertiary/aromatic N) is 2. The zero-order chi connectivity index (χ0) is 18.1. The van der Waals surface area contributed by atoms with Crippen LogP contribution < -0.4 is 9.64 Å². The molecule has 0 radical (unpaired) electrons. The van der Waals surface area contributed by atoms with Crippen LogP contribution in [0.25, 0.3) is 11.3 Å². The highest BCUT2D eigenvalue weighted by Gasteiger charge is 2.25. The maximum absolute atomic E-state index is 12.9. The standard InChI is InChI=1S/C20H17FN2O2S/c1-13-22-18(12-26-13)14-2-7-19-15(10-14)8-9-23(19)20(24)11-25-17-5-3-16(21)4-6-17/h2-7,10,12H,8-9,11H2,1H3. The van der Waals surface area contributed by atoms with E-state index in [1.54, 1.807) is 16.2 Å². The maximum Gasteiger partial charge on any atom is 0.264 e. The van der Waals surface area contributed by atoms with Crippen LogP contribution >= 0.6 is 11.3 Å². The van der Waals surface area contributed by atoms with E-state index in [-0.39, 0.29) is 18.3 Å². The van der Waals surface area contributed by atoms with Crippen molar-refractivity contribution in [3.05, 3.63) is 64.2 Å². The van der Waals surface area contributed by atoms with Crippen LogP contribution in [0.2, 0.25) is 0 Å². The van der Waals surface area contributed by atoms with Crippen molar-refractivity contribution in [1.82, 2.24) is 4.98 Å². The summed E-state index contributed by atoms with van der Waals surface area (Å²) >= 11 is 1.63. The number of rotatable bonds is 4.